The van der Waals surface area contributed by atoms with Crippen molar-refractivity contribution < 1.29 is 9.52 Å². The molecular weight excluding hydrogens is 154 g/mol. The van der Waals surface area contributed by atoms with E-state index >= 15 is 0 Å². The van der Waals surface area contributed by atoms with Crippen molar-refractivity contribution in [3.63, 3.8) is 0 Å². The topological polar surface area (TPSA) is 45.4 Å². The maximum Gasteiger partial charge on any atom is 0.185 e. The number of anilines is 1. The Hall–Kier alpha value is -1.64. The highest BCUT2D eigenvalue weighted by atomic mass is 16.4. The van der Waals surface area contributed by atoms with E-state index < -0.39 is 0 Å². The fourth-order valence-electron chi connectivity index (χ4n) is 1.22. The van der Waals surface area contributed by atoms with Gasteiger partial charge in [-0.2, -0.15) is 0 Å². The van der Waals surface area contributed by atoms with Crippen LogP contribution in [0.3, 0.4) is 0 Å². The molecular formula is C9H9NO2. The number of hydrogen-bond donors (Lipinski definition) is 2. The molecule has 2 heterocycles. The molecule has 0 saturated carbocycles. The molecule has 0 saturated heterocycles. The van der Waals surface area contributed by atoms with Crippen LogP contribution < -0.4 is 5.32 Å². The molecule has 1 aliphatic rings. The molecule has 12 heavy (non-hydrogen) atoms. The van der Waals surface area contributed by atoms with Crippen LogP contribution in [-0.4, -0.2) is 12.2 Å². The second-order valence-corrected chi connectivity index (χ2v) is 2.52. The van der Waals surface area contributed by atoms with Crippen LogP contribution in [0.2, 0.25) is 0 Å². The Kier molecular flexibility index (Phi) is 1.43. The molecule has 0 unspecified atom stereocenters. The average molecular weight is 163 g/mol. The first-order valence-corrected chi connectivity index (χ1v) is 3.71. The fraction of sp³-hybridized carbons (Fsp3) is 0.111. The summed E-state index contributed by atoms with van der Waals surface area (Å²) in [7, 11) is 1.75. The van der Waals surface area contributed by atoms with Crippen molar-refractivity contribution in [1.29, 1.82) is 0 Å². The molecule has 1 aliphatic heterocycles. The third-order valence-corrected chi connectivity index (χ3v) is 1.79. The van der Waals surface area contributed by atoms with Gasteiger partial charge in [0, 0.05) is 7.05 Å². The molecule has 0 fully saturated rings. The van der Waals surface area contributed by atoms with Crippen molar-refractivity contribution in [2.45, 2.75) is 0 Å². The first-order chi connectivity index (χ1) is 5.83. The lowest BCUT2D eigenvalue weighted by Crippen LogP contribution is -1.87. The Labute approximate surface area is 70.0 Å². The highest BCUT2D eigenvalue weighted by molar-refractivity contribution is 5.77. The highest BCUT2D eigenvalue weighted by Gasteiger charge is 2.15. The van der Waals surface area contributed by atoms with Crippen LogP contribution in [0, 0.1) is 0 Å². The second kappa shape index (κ2) is 2.44. The van der Waals surface area contributed by atoms with E-state index in [2.05, 4.69) is 5.32 Å². The summed E-state index contributed by atoms with van der Waals surface area (Å²) in [5.41, 5.74) is 0.644. The number of aromatic hydroxyl groups is 1. The van der Waals surface area contributed by atoms with Gasteiger partial charge in [-0.1, -0.05) is 12.2 Å². The zero-order valence-electron chi connectivity index (χ0n) is 6.66. The van der Waals surface area contributed by atoms with Crippen LogP contribution in [-0.2, 0) is 0 Å². The number of furan rings is 1. The lowest BCUT2D eigenvalue weighted by molar-refractivity contribution is 0.454. The van der Waals surface area contributed by atoms with E-state index in [1.165, 1.54) is 0 Å². The van der Waals surface area contributed by atoms with Gasteiger partial charge in [-0.25, -0.2) is 0 Å². The van der Waals surface area contributed by atoms with Gasteiger partial charge >= 0.3 is 0 Å². The van der Waals surface area contributed by atoms with E-state index in [1.807, 2.05) is 12.2 Å². The SMILES string of the molecule is CNc1c2oc(c1O)C=CC=C2. The largest absolute Gasteiger partial charge is 0.503 e. The molecule has 3 heteroatoms. The third-order valence-electron chi connectivity index (χ3n) is 1.79. The molecule has 0 amide bonds. The Bertz CT molecular complexity index is 361. The van der Waals surface area contributed by atoms with Gasteiger partial charge in [0.2, 0.25) is 0 Å². The average Bonchev–Trinajstić information content (AvgIpc) is 2.25. The van der Waals surface area contributed by atoms with Crippen molar-refractivity contribution in [1.82, 2.24) is 0 Å². The van der Waals surface area contributed by atoms with E-state index in [0.717, 1.165) is 0 Å². The van der Waals surface area contributed by atoms with Crippen LogP contribution >= 0.6 is 0 Å². The van der Waals surface area contributed by atoms with Crippen LogP contribution in [0.5, 0.6) is 5.75 Å². The first-order valence-electron chi connectivity index (χ1n) is 3.71. The number of hydrogen-bond acceptors (Lipinski definition) is 3. The summed E-state index contributed by atoms with van der Waals surface area (Å²) in [4.78, 5) is 0. The molecule has 0 aliphatic carbocycles. The van der Waals surface area contributed by atoms with Gasteiger partial charge in [-0.3, -0.25) is 0 Å². The maximum atomic E-state index is 9.53. The molecule has 1 aromatic rings. The molecule has 0 radical (unpaired) electrons. The standard InChI is InChI=1S/C9H9NO2/c1-10-8-6-4-2-3-5-7(12-6)9(8)11/h2-5,10-11H,1H3. The zero-order chi connectivity index (χ0) is 8.55. The minimum absolute atomic E-state index is 0.174. The van der Waals surface area contributed by atoms with E-state index in [4.69, 9.17) is 4.42 Å². The van der Waals surface area contributed by atoms with Crippen molar-refractivity contribution in [2.75, 3.05) is 12.4 Å². The number of fused-ring (bicyclic) bond motifs is 2. The smallest absolute Gasteiger partial charge is 0.185 e. The quantitative estimate of drug-likeness (QED) is 0.666. The molecule has 3 nitrogen and oxygen atoms in total. The maximum absolute atomic E-state index is 9.53. The molecule has 2 bridgehead atoms. The normalized spacial score (nSPS) is 13.1. The molecule has 2 N–H and O–H groups in total. The predicted molar refractivity (Wildman–Crippen MR) is 48.0 cm³/mol. The zero-order valence-corrected chi connectivity index (χ0v) is 6.66. The Morgan fingerprint density at radius 1 is 1.25 bits per heavy atom. The summed E-state index contributed by atoms with van der Waals surface area (Å²) < 4.78 is 5.31. The van der Waals surface area contributed by atoms with Crippen molar-refractivity contribution in [2.24, 2.45) is 0 Å². The van der Waals surface area contributed by atoms with Crippen LogP contribution in [0.15, 0.2) is 16.6 Å². The van der Waals surface area contributed by atoms with E-state index in [1.54, 1.807) is 19.2 Å². The fourth-order valence-corrected chi connectivity index (χ4v) is 1.22. The lowest BCUT2D eigenvalue weighted by atomic mass is 10.2. The Balaban J connectivity index is 2.66. The minimum atomic E-state index is 0.174. The van der Waals surface area contributed by atoms with Gasteiger partial charge in [0.15, 0.2) is 17.3 Å². The molecule has 2 rings (SSSR count). The monoisotopic (exact) mass is 163 g/mol. The first kappa shape index (κ1) is 7.03. The lowest BCUT2D eigenvalue weighted by Gasteiger charge is -1.96. The summed E-state index contributed by atoms with van der Waals surface area (Å²) in [6.07, 6.45) is 7.22. The van der Waals surface area contributed by atoms with E-state index in [9.17, 15) is 5.11 Å². The highest BCUT2D eigenvalue weighted by Crippen LogP contribution is 2.37. The minimum Gasteiger partial charge on any atom is -0.503 e. The van der Waals surface area contributed by atoms with Gasteiger partial charge in [0.05, 0.1) is 0 Å². The van der Waals surface area contributed by atoms with Crippen molar-refractivity contribution >= 4 is 17.8 Å². The summed E-state index contributed by atoms with van der Waals surface area (Å²) in [5, 5.41) is 12.4. The van der Waals surface area contributed by atoms with Crippen LogP contribution in [0.25, 0.3) is 12.2 Å². The van der Waals surface area contributed by atoms with Gasteiger partial charge in [-0.05, 0) is 12.2 Å². The second-order valence-electron chi connectivity index (χ2n) is 2.52. The van der Waals surface area contributed by atoms with Gasteiger partial charge in [0.1, 0.15) is 5.69 Å². The van der Waals surface area contributed by atoms with Gasteiger partial charge < -0.3 is 14.8 Å². The third kappa shape index (κ3) is 0.830. The predicted octanol–water partition coefficient (Wildman–Crippen LogP) is 2.07. The molecule has 0 spiro atoms. The van der Waals surface area contributed by atoms with E-state index in [-0.39, 0.29) is 5.75 Å². The molecule has 62 valence electrons. The molecule has 0 aromatic carbocycles. The van der Waals surface area contributed by atoms with Crippen LogP contribution in [0.1, 0.15) is 11.5 Å². The van der Waals surface area contributed by atoms with Gasteiger partial charge in [0.25, 0.3) is 0 Å². The molecule has 0 atom stereocenters. The molecule has 1 aromatic heterocycles. The summed E-state index contributed by atoms with van der Waals surface area (Å²) in [6.45, 7) is 0. The number of allylic oxidation sites excluding steroid dienone is 2. The van der Waals surface area contributed by atoms with Crippen molar-refractivity contribution in [3.8, 4) is 5.75 Å². The Morgan fingerprint density at radius 3 is 2.58 bits per heavy atom. The summed E-state index contributed by atoms with van der Waals surface area (Å²) >= 11 is 0. The van der Waals surface area contributed by atoms with Gasteiger partial charge in [-0.15, -0.1) is 0 Å². The van der Waals surface area contributed by atoms with Crippen molar-refractivity contribution in [3.05, 3.63) is 23.7 Å². The number of nitrogens with one attached hydrogen (secondary N) is 1. The van der Waals surface area contributed by atoms with Crippen LogP contribution in [0.4, 0.5) is 5.69 Å². The Morgan fingerprint density at radius 2 is 1.92 bits per heavy atom. The summed E-state index contributed by atoms with van der Waals surface area (Å²) in [6, 6.07) is 0. The van der Waals surface area contributed by atoms with E-state index in [0.29, 0.717) is 17.2 Å². The summed E-state index contributed by atoms with van der Waals surface area (Å²) in [5.74, 6) is 1.34. The number of rotatable bonds is 1.